The predicted molar refractivity (Wildman–Crippen MR) is 74.3 cm³/mol. The first kappa shape index (κ1) is 16.8. The van der Waals surface area contributed by atoms with Gasteiger partial charge in [-0.2, -0.15) is 0 Å². The Morgan fingerprint density at radius 2 is 1.88 bits per heavy atom. The smallest absolute Gasteiger partial charge is 0.0659 e. The van der Waals surface area contributed by atoms with Crippen LogP contribution in [0.3, 0.4) is 0 Å². The van der Waals surface area contributed by atoms with E-state index >= 15 is 0 Å². The minimum absolute atomic E-state index is 0.0288. The van der Waals surface area contributed by atoms with Gasteiger partial charge in [0.05, 0.1) is 12.1 Å². The third-order valence-electron chi connectivity index (χ3n) is 3.56. The molecule has 0 radical (unpaired) electrons. The molecule has 0 aliphatic carbocycles. The summed E-state index contributed by atoms with van der Waals surface area (Å²) < 4.78 is 5.39. The van der Waals surface area contributed by atoms with Crippen molar-refractivity contribution in [2.75, 3.05) is 47.4 Å². The molecule has 0 bridgehead atoms. The maximum Gasteiger partial charge on any atom is 0.0659 e. The monoisotopic (exact) mass is 245 g/mol. The molecule has 0 aromatic carbocycles. The lowest BCUT2D eigenvalue weighted by atomic mass is 9.92. The fraction of sp³-hybridized carbons (Fsp3) is 1.00. The van der Waals surface area contributed by atoms with Crippen molar-refractivity contribution in [2.24, 2.45) is 5.73 Å². The van der Waals surface area contributed by atoms with Gasteiger partial charge < -0.3 is 15.4 Å². The van der Waals surface area contributed by atoms with E-state index in [9.17, 15) is 0 Å². The highest BCUT2D eigenvalue weighted by molar-refractivity contribution is 4.93. The first-order chi connectivity index (χ1) is 7.97. The van der Waals surface area contributed by atoms with E-state index in [4.69, 9.17) is 10.5 Å². The van der Waals surface area contributed by atoms with Crippen molar-refractivity contribution >= 4 is 0 Å². The van der Waals surface area contributed by atoms with Crippen molar-refractivity contribution in [1.29, 1.82) is 0 Å². The Bertz CT molecular complexity index is 193. The van der Waals surface area contributed by atoms with Crippen LogP contribution in [-0.4, -0.2) is 68.8 Å². The van der Waals surface area contributed by atoms with Crippen molar-refractivity contribution in [3.8, 4) is 0 Å². The van der Waals surface area contributed by atoms with Crippen LogP contribution in [0.25, 0.3) is 0 Å². The zero-order chi connectivity index (χ0) is 13.5. The number of nitrogens with two attached hydrogens (primary N) is 1. The molecule has 2 N–H and O–H groups in total. The van der Waals surface area contributed by atoms with Gasteiger partial charge >= 0.3 is 0 Å². The Labute approximate surface area is 107 Å². The van der Waals surface area contributed by atoms with E-state index in [1.807, 2.05) is 0 Å². The summed E-state index contributed by atoms with van der Waals surface area (Å²) in [6.45, 7) is 10.0. The number of hydrogen-bond acceptors (Lipinski definition) is 4. The number of ether oxygens (including phenoxy) is 1. The maximum atomic E-state index is 6.01. The van der Waals surface area contributed by atoms with Gasteiger partial charge in [0.25, 0.3) is 0 Å². The summed E-state index contributed by atoms with van der Waals surface area (Å²) >= 11 is 0. The van der Waals surface area contributed by atoms with Gasteiger partial charge in [0, 0.05) is 26.2 Å². The number of nitrogens with zero attached hydrogens (tertiary/aromatic N) is 2. The summed E-state index contributed by atoms with van der Waals surface area (Å²) in [6, 6.07) is 0.480. The Morgan fingerprint density at radius 3 is 2.18 bits per heavy atom. The molecule has 0 aliphatic rings. The lowest BCUT2D eigenvalue weighted by Gasteiger charge is -2.46. The van der Waals surface area contributed by atoms with Crippen LogP contribution in [0.1, 0.15) is 27.2 Å². The van der Waals surface area contributed by atoms with Crippen molar-refractivity contribution in [3.05, 3.63) is 0 Å². The standard InChI is InChI=1S/C13H31N3O/c1-7-13(10-14,11-17-6)16(8-2)12(3)9-15(4)5/h12H,7-11,14H2,1-6H3. The number of hydrogen-bond donors (Lipinski definition) is 1. The van der Waals surface area contributed by atoms with E-state index in [0.717, 1.165) is 19.5 Å². The average molecular weight is 245 g/mol. The van der Waals surface area contributed by atoms with E-state index in [1.165, 1.54) is 0 Å². The van der Waals surface area contributed by atoms with Gasteiger partial charge in [-0.15, -0.1) is 0 Å². The van der Waals surface area contributed by atoms with Crippen LogP contribution in [0.4, 0.5) is 0 Å². The number of methoxy groups -OCH3 is 1. The summed E-state index contributed by atoms with van der Waals surface area (Å²) in [7, 11) is 5.97. The molecule has 0 rings (SSSR count). The Hall–Kier alpha value is -0.160. The molecule has 0 amide bonds. The molecule has 2 atom stereocenters. The SMILES string of the molecule is CCN(C(C)CN(C)C)C(CC)(CN)COC. The average Bonchev–Trinajstić information content (AvgIpc) is 2.27. The van der Waals surface area contributed by atoms with Crippen LogP contribution < -0.4 is 5.73 Å². The molecule has 0 heterocycles. The molecule has 104 valence electrons. The minimum Gasteiger partial charge on any atom is -0.383 e. The quantitative estimate of drug-likeness (QED) is 0.658. The predicted octanol–water partition coefficient (Wildman–Crippen LogP) is 1.01. The number of likely N-dealkylation sites (N-methyl/N-ethyl adjacent to an activating group) is 2. The molecule has 0 saturated carbocycles. The van der Waals surface area contributed by atoms with E-state index in [1.54, 1.807) is 7.11 Å². The maximum absolute atomic E-state index is 6.01. The lowest BCUT2D eigenvalue weighted by Crippen LogP contribution is -2.61. The van der Waals surface area contributed by atoms with Gasteiger partial charge in [-0.05, 0) is 34.0 Å². The molecule has 2 unspecified atom stereocenters. The van der Waals surface area contributed by atoms with Gasteiger partial charge in [-0.3, -0.25) is 4.90 Å². The zero-order valence-corrected chi connectivity index (χ0v) is 12.5. The second-order valence-corrected chi connectivity index (χ2v) is 5.11. The van der Waals surface area contributed by atoms with E-state index in [-0.39, 0.29) is 5.54 Å². The van der Waals surface area contributed by atoms with Crippen molar-refractivity contribution in [1.82, 2.24) is 9.80 Å². The van der Waals surface area contributed by atoms with Crippen molar-refractivity contribution < 1.29 is 4.74 Å². The summed E-state index contributed by atoms with van der Waals surface area (Å²) in [5, 5.41) is 0. The van der Waals surface area contributed by atoms with Crippen LogP contribution in [-0.2, 0) is 4.74 Å². The van der Waals surface area contributed by atoms with Gasteiger partial charge in [0.1, 0.15) is 0 Å². The largest absolute Gasteiger partial charge is 0.383 e. The minimum atomic E-state index is -0.0288. The van der Waals surface area contributed by atoms with Crippen LogP contribution in [0, 0.1) is 0 Å². The van der Waals surface area contributed by atoms with Gasteiger partial charge in [-0.1, -0.05) is 13.8 Å². The van der Waals surface area contributed by atoms with Crippen LogP contribution >= 0.6 is 0 Å². The molecule has 0 saturated heterocycles. The second-order valence-electron chi connectivity index (χ2n) is 5.11. The summed E-state index contributed by atoms with van der Waals surface area (Å²) in [5.41, 5.74) is 5.99. The van der Waals surface area contributed by atoms with Gasteiger partial charge in [-0.25, -0.2) is 0 Å². The summed E-state index contributed by atoms with van der Waals surface area (Å²) in [4.78, 5) is 4.70. The molecule has 4 nitrogen and oxygen atoms in total. The zero-order valence-electron chi connectivity index (χ0n) is 12.5. The molecule has 17 heavy (non-hydrogen) atoms. The highest BCUT2D eigenvalue weighted by Crippen LogP contribution is 2.22. The van der Waals surface area contributed by atoms with E-state index in [2.05, 4.69) is 44.7 Å². The van der Waals surface area contributed by atoms with Crippen molar-refractivity contribution in [2.45, 2.75) is 38.8 Å². The third-order valence-corrected chi connectivity index (χ3v) is 3.56. The van der Waals surface area contributed by atoms with Crippen LogP contribution in [0.2, 0.25) is 0 Å². The highest BCUT2D eigenvalue weighted by Gasteiger charge is 2.35. The molecule has 0 aromatic rings. The Balaban J connectivity index is 4.88. The van der Waals surface area contributed by atoms with Crippen LogP contribution in [0.15, 0.2) is 0 Å². The van der Waals surface area contributed by atoms with Crippen LogP contribution in [0.5, 0.6) is 0 Å². The fourth-order valence-corrected chi connectivity index (χ4v) is 2.72. The Kier molecular flexibility index (Phi) is 7.96. The van der Waals surface area contributed by atoms with Gasteiger partial charge in [0.2, 0.25) is 0 Å². The molecule has 0 aromatic heterocycles. The van der Waals surface area contributed by atoms with Crippen molar-refractivity contribution in [3.63, 3.8) is 0 Å². The first-order valence-corrected chi connectivity index (χ1v) is 6.57. The molecule has 0 fully saturated rings. The molecular formula is C13H31N3O. The lowest BCUT2D eigenvalue weighted by molar-refractivity contribution is -0.0129. The molecular weight excluding hydrogens is 214 g/mol. The molecule has 0 aliphatic heterocycles. The first-order valence-electron chi connectivity index (χ1n) is 6.57. The topological polar surface area (TPSA) is 41.7 Å². The fourth-order valence-electron chi connectivity index (χ4n) is 2.72. The summed E-state index contributed by atoms with van der Waals surface area (Å²) in [5.74, 6) is 0. The Morgan fingerprint density at radius 1 is 1.29 bits per heavy atom. The van der Waals surface area contributed by atoms with Gasteiger partial charge in [0.15, 0.2) is 0 Å². The second kappa shape index (κ2) is 8.03. The van der Waals surface area contributed by atoms with E-state index in [0.29, 0.717) is 19.2 Å². The summed E-state index contributed by atoms with van der Waals surface area (Å²) in [6.07, 6.45) is 1.02. The molecule has 4 heteroatoms. The highest BCUT2D eigenvalue weighted by atomic mass is 16.5. The normalized spacial score (nSPS) is 17.5. The molecule has 0 spiro atoms. The van der Waals surface area contributed by atoms with E-state index < -0.39 is 0 Å². The third kappa shape index (κ3) is 4.54. The number of rotatable bonds is 9.